The number of amides is 1. The Balaban J connectivity index is 1.18. The van der Waals surface area contributed by atoms with Crippen LogP contribution >= 0.6 is 11.8 Å². The van der Waals surface area contributed by atoms with E-state index in [4.69, 9.17) is 4.74 Å². The van der Waals surface area contributed by atoms with Crippen LogP contribution in [0.3, 0.4) is 0 Å². The number of carbonyl (C=O) groups is 2. The lowest BCUT2D eigenvalue weighted by Gasteiger charge is -2.33. The standard InChI is InChI=1S/C28H30FN5O5S/c29-17-13-21-26(30-14-17)33(20-9-11-40-12-10-20)28(38)34(27(21)37)19-7-5-18(6-8-19)31-24(35)15-32-16-25(36)39-23-4-2-1-3-22(23)32/h1-4,13-14,18-20H,5-12,15-16H2,(H,31,35). The molecule has 3 aliphatic rings. The molecule has 210 valence electrons. The Labute approximate surface area is 233 Å². The highest BCUT2D eigenvalue weighted by atomic mass is 32.2. The average molecular weight is 568 g/mol. The molecule has 1 amide bonds. The molecule has 0 bridgehead atoms. The maximum Gasteiger partial charge on any atom is 0.333 e. The van der Waals surface area contributed by atoms with Crippen molar-refractivity contribution in [2.75, 3.05) is 29.5 Å². The number of hydrogen-bond donors (Lipinski definition) is 1. The highest BCUT2D eigenvalue weighted by Crippen LogP contribution is 2.32. The third-order valence-corrected chi connectivity index (χ3v) is 9.04. The van der Waals surface area contributed by atoms with Crippen molar-refractivity contribution in [3.63, 3.8) is 0 Å². The molecule has 6 rings (SSSR count). The van der Waals surface area contributed by atoms with Gasteiger partial charge in [0.25, 0.3) is 5.56 Å². The van der Waals surface area contributed by atoms with Crippen molar-refractivity contribution >= 4 is 40.4 Å². The zero-order valence-electron chi connectivity index (χ0n) is 21.9. The number of thioether (sulfide) groups is 1. The van der Waals surface area contributed by atoms with E-state index in [-0.39, 0.29) is 48.2 Å². The molecule has 10 nitrogen and oxygen atoms in total. The minimum Gasteiger partial charge on any atom is -0.423 e. The third kappa shape index (κ3) is 5.12. The topological polar surface area (TPSA) is 116 Å². The zero-order valence-corrected chi connectivity index (χ0v) is 22.7. The summed E-state index contributed by atoms with van der Waals surface area (Å²) < 4.78 is 22.3. The fourth-order valence-electron chi connectivity index (χ4n) is 6.07. The van der Waals surface area contributed by atoms with Gasteiger partial charge in [0.2, 0.25) is 5.91 Å². The molecule has 1 aliphatic carbocycles. The number of pyridine rings is 1. The van der Waals surface area contributed by atoms with Crippen molar-refractivity contribution in [3.8, 4) is 5.75 Å². The number of nitrogens with one attached hydrogen (secondary N) is 1. The summed E-state index contributed by atoms with van der Waals surface area (Å²) in [5, 5.41) is 3.17. The van der Waals surface area contributed by atoms with Crippen LogP contribution in [0.4, 0.5) is 10.1 Å². The first-order valence-corrected chi connectivity index (χ1v) is 14.8. The lowest BCUT2D eigenvalue weighted by atomic mass is 9.91. The zero-order chi connectivity index (χ0) is 27.8. The Bertz CT molecular complexity index is 1580. The molecule has 0 unspecified atom stereocenters. The Kier molecular flexibility index (Phi) is 7.35. The van der Waals surface area contributed by atoms with Crippen LogP contribution in [0, 0.1) is 5.82 Å². The number of aromatic nitrogens is 3. The van der Waals surface area contributed by atoms with E-state index in [2.05, 4.69) is 10.3 Å². The van der Waals surface area contributed by atoms with Crippen LogP contribution in [0.15, 0.2) is 46.1 Å². The summed E-state index contributed by atoms with van der Waals surface area (Å²) in [4.78, 5) is 58.0. The maximum atomic E-state index is 14.1. The summed E-state index contributed by atoms with van der Waals surface area (Å²) in [6.45, 7) is 0.00256. The molecule has 0 radical (unpaired) electrons. The van der Waals surface area contributed by atoms with Crippen molar-refractivity contribution < 1.29 is 18.7 Å². The van der Waals surface area contributed by atoms with E-state index in [0.717, 1.165) is 30.5 Å². The van der Waals surface area contributed by atoms with Crippen molar-refractivity contribution in [3.05, 3.63) is 63.2 Å². The quantitative estimate of drug-likeness (QED) is 0.370. The Hall–Kier alpha value is -3.67. The van der Waals surface area contributed by atoms with Crippen molar-refractivity contribution in [1.82, 2.24) is 19.4 Å². The number of halogens is 1. The lowest BCUT2D eigenvalue weighted by molar-refractivity contribution is -0.133. The largest absolute Gasteiger partial charge is 0.423 e. The molecule has 4 heterocycles. The fourth-order valence-corrected chi connectivity index (χ4v) is 7.15. The summed E-state index contributed by atoms with van der Waals surface area (Å²) in [6, 6.07) is 7.71. The number of anilines is 1. The Morgan fingerprint density at radius 3 is 2.52 bits per heavy atom. The minimum atomic E-state index is -0.614. The highest BCUT2D eigenvalue weighted by Gasteiger charge is 2.31. The molecule has 1 saturated carbocycles. The first kappa shape index (κ1) is 26.5. The SMILES string of the molecule is O=C(CN1CC(=O)Oc2ccccc21)NC1CCC(n2c(=O)c3cc(F)cnc3n(C3CCSCC3)c2=O)CC1. The summed E-state index contributed by atoms with van der Waals surface area (Å²) in [6.07, 6.45) is 4.84. The van der Waals surface area contributed by atoms with Crippen molar-refractivity contribution in [2.24, 2.45) is 0 Å². The second-order valence-corrected chi connectivity index (χ2v) is 11.8. The van der Waals surface area contributed by atoms with Gasteiger partial charge in [0.1, 0.15) is 18.0 Å². The highest BCUT2D eigenvalue weighted by molar-refractivity contribution is 7.99. The normalized spacial score (nSPS) is 21.6. The molecule has 0 spiro atoms. The first-order valence-electron chi connectivity index (χ1n) is 13.6. The lowest BCUT2D eigenvalue weighted by Crippen LogP contribution is -2.48. The predicted octanol–water partition coefficient (Wildman–Crippen LogP) is 2.79. The minimum absolute atomic E-state index is 0.0105. The van der Waals surface area contributed by atoms with Gasteiger partial charge in [0.05, 0.1) is 23.8 Å². The molecular formula is C28H30FN5O5S. The van der Waals surface area contributed by atoms with Gasteiger partial charge >= 0.3 is 11.7 Å². The van der Waals surface area contributed by atoms with E-state index >= 15 is 0 Å². The second-order valence-electron chi connectivity index (χ2n) is 10.6. The second kappa shape index (κ2) is 11.1. The third-order valence-electron chi connectivity index (χ3n) is 7.99. The van der Waals surface area contributed by atoms with Crippen LogP contribution in [-0.4, -0.2) is 56.6 Å². The van der Waals surface area contributed by atoms with Gasteiger partial charge in [-0.25, -0.2) is 19.0 Å². The van der Waals surface area contributed by atoms with Gasteiger partial charge in [-0.1, -0.05) is 12.1 Å². The van der Waals surface area contributed by atoms with Crippen LogP contribution in [0.2, 0.25) is 0 Å². The summed E-state index contributed by atoms with van der Waals surface area (Å²) in [5.74, 6) is 1.01. The van der Waals surface area contributed by atoms with E-state index in [1.165, 1.54) is 10.6 Å². The molecule has 1 saturated heterocycles. The van der Waals surface area contributed by atoms with Gasteiger partial charge in [-0.05, 0) is 68.2 Å². The Morgan fingerprint density at radius 1 is 1.02 bits per heavy atom. The molecule has 2 fully saturated rings. The molecule has 2 aliphatic heterocycles. The molecule has 2 aromatic heterocycles. The number of esters is 1. The van der Waals surface area contributed by atoms with Crippen molar-refractivity contribution in [2.45, 2.75) is 56.7 Å². The summed E-state index contributed by atoms with van der Waals surface area (Å²) in [7, 11) is 0. The van der Waals surface area contributed by atoms with E-state index < -0.39 is 23.0 Å². The molecule has 1 N–H and O–H groups in total. The monoisotopic (exact) mass is 567 g/mol. The first-order chi connectivity index (χ1) is 19.4. The van der Waals surface area contributed by atoms with Crippen LogP contribution in [0.5, 0.6) is 5.75 Å². The number of hydrogen-bond acceptors (Lipinski definition) is 8. The predicted molar refractivity (Wildman–Crippen MR) is 150 cm³/mol. The molecule has 3 aromatic rings. The van der Waals surface area contributed by atoms with Crippen LogP contribution in [0.25, 0.3) is 11.0 Å². The molecule has 40 heavy (non-hydrogen) atoms. The maximum absolute atomic E-state index is 14.1. The average Bonchev–Trinajstić information content (AvgIpc) is 2.95. The van der Waals surface area contributed by atoms with E-state index in [9.17, 15) is 23.6 Å². The van der Waals surface area contributed by atoms with E-state index in [1.54, 1.807) is 21.6 Å². The molecule has 0 atom stereocenters. The number of rotatable bonds is 5. The van der Waals surface area contributed by atoms with E-state index in [1.807, 2.05) is 23.9 Å². The number of carbonyl (C=O) groups excluding carboxylic acids is 2. The van der Waals surface area contributed by atoms with Gasteiger partial charge < -0.3 is 15.0 Å². The van der Waals surface area contributed by atoms with Crippen LogP contribution in [0.1, 0.15) is 50.6 Å². The van der Waals surface area contributed by atoms with Gasteiger partial charge in [-0.15, -0.1) is 0 Å². The number of fused-ring (bicyclic) bond motifs is 2. The number of nitrogens with zero attached hydrogens (tertiary/aromatic N) is 4. The molecular weight excluding hydrogens is 537 g/mol. The van der Waals surface area contributed by atoms with Gasteiger partial charge in [0, 0.05) is 18.1 Å². The number of para-hydroxylation sites is 2. The fraction of sp³-hybridized carbons (Fsp3) is 0.464. The van der Waals surface area contributed by atoms with Crippen molar-refractivity contribution in [1.29, 1.82) is 0 Å². The van der Waals surface area contributed by atoms with Crippen LogP contribution in [-0.2, 0) is 9.59 Å². The van der Waals surface area contributed by atoms with Gasteiger partial charge in [-0.3, -0.25) is 18.7 Å². The number of benzene rings is 1. The number of ether oxygens (including phenoxy) is 1. The summed E-state index contributed by atoms with van der Waals surface area (Å²) in [5.41, 5.74) is 0.0253. The van der Waals surface area contributed by atoms with E-state index in [0.29, 0.717) is 37.1 Å². The Morgan fingerprint density at radius 2 is 1.75 bits per heavy atom. The molecule has 1 aromatic carbocycles. The van der Waals surface area contributed by atoms with Crippen LogP contribution < -0.4 is 26.2 Å². The smallest absolute Gasteiger partial charge is 0.333 e. The van der Waals surface area contributed by atoms with Gasteiger partial charge in [-0.2, -0.15) is 11.8 Å². The molecule has 12 heteroatoms. The van der Waals surface area contributed by atoms with Gasteiger partial charge in [0.15, 0.2) is 5.75 Å². The summed E-state index contributed by atoms with van der Waals surface area (Å²) >= 11 is 1.83.